The number of ether oxygens (including phenoxy) is 1. The predicted octanol–water partition coefficient (Wildman–Crippen LogP) is 3.25. The molecule has 0 bridgehead atoms. The SMILES string of the molecule is CC(=O)Nc1ccc(S(=O)(=O)Cl)cc1.CCC.COC. The van der Waals surface area contributed by atoms with E-state index in [1.54, 1.807) is 14.2 Å². The van der Waals surface area contributed by atoms with Gasteiger partial charge < -0.3 is 10.1 Å². The highest BCUT2D eigenvalue weighted by atomic mass is 35.7. The first-order valence-electron chi connectivity index (χ1n) is 5.95. The molecule has 0 saturated heterocycles. The van der Waals surface area contributed by atoms with Gasteiger partial charge in [0.1, 0.15) is 0 Å². The van der Waals surface area contributed by atoms with Crippen molar-refractivity contribution < 1.29 is 17.9 Å². The first-order chi connectivity index (χ1) is 9.22. The van der Waals surface area contributed by atoms with Crippen LogP contribution in [-0.4, -0.2) is 28.5 Å². The van der Waals surface area contributed by atoms with Gasteiger partial charge in [-0.05, 0) is 24.3 Å². The Balaban J connectivity index is 0. The van der Waals surface area contributed by atoms with Crippen LogP contribution >= 0.6 is 10.7 Å². The molecule has 7 heteroatoms. The van der Waals surface area contributed by atoms with Gasteiger partial charge in [0.2, 0.25) is 5.91 Å². The number of halogens is 1. The minimum atomic E-state index is -3.69. The van der Waals surface area contributed by atoms with E-state index in [1.807, 2.05) is 0 Å². The minimum Gasteiger partial charge on any atom is -0.388 e. The minimum absolute atomic E-state index is 0.00766. The second-order valence-corrected chi connectivity index (χ2v) is 6.32. The number of hydrogen-bond acceptors (Lipinski definition) is 4. The highest BCUT2D eigenvalue weighted by Gasteiger charge is 2.08. The van der Waals surface area contributed by atoms with Gasteiger partial charge in [-0.25, -0.2) is 8.42 Å². The summed E-state index contributed by atoms with van der Waals surface area (Å²) >= 11 is 0. The van der Waals surface area contributed by atoms with Crippen LogP contribution in [0.2, 0.25) is 0 Å². The molecule has 0 radical (unpaired) electrons. The van der Waals surface area contributed by atoms with Crippen LogP contribution in [0.15, 0.2) is 29.2 Å². The molecule has 0 aromatic heterocycles. The van der Waals surface area contributed by atoms with Crippen molar-refractivity contribution in [1.29, 1.82) is 0 Å². The van der Waals surface area contributed by atoms with Gasteiger partial charge in [-0.3, -0.25) is 4.79 Å². The molecular weight excluding hydrogens is 302 g/mol. The molecular formula is C13H22ClNO4S. The van der Waals surface area contributed by atoms with E-state index in [2.05, 4.69) is 23.9 Å². The fourth-order valence-electron chi connectivity index (χ4n) is 0.904. The van der Waals surface area contributed by atoms with Crippen LogP contribution in [0.4, 0.5) is 5.69 Å². The zero-order valence-corrected chi connectivity index (χ0v) is 14.0. The molecule has 0 fully saturated rings. The summed E-state index contributed by atoms with van der Waals surface area (Å²) in [7, 11) is 4.66. The van der Waals surface area contributed by atoms with E-state index in [1.165, 1.54) is 37.6 Å². The number of anilines is 1. The monoisotopic (exact) mass is 323 g/mol. The topological polar surface area (TPSA) is 72.5 Å². The van der Waals surface area contributed by atoms with Crippen molar-refractivity contribution in [2.45, 2.75) is 32.1 Å². The third kappa shape index (κ3) is 12.0. The Labute approximate surface area is 125 Å². The van der Waals surface area contributed by atoms with Gasteiger partial charge >= 0.3 is 0 Å². The fraction of sp³-hybridized carbons (Fsp3) is 0.462. The van der Waals surface area contributed by atoms with Crippen LogP contribution in [-0.2, 0) is 18.6 Å². The third-order valence-electron chi connectivity index (χ3n) is 1.46. The summed E-state index contributed by atoms with van der Waals surface area (Å²) in [5, 5.41) is 2.51. The first kappa shape index (κ1) is 21.2. The number of nitrogens with one attached hydrogen (secondary N) is 1. The summed E-state index contributed by atoms with van der Waals surface area (Å²) in [4.78, 5) is 10.6. The van der Waals surface area contributed by atoms with Gasteiger partial charge in [-0.1, -0.05) is 20.3 Å². The highest BCUT2D eigenvalue weighted by Crippen LogP contribution is 2.17. The lowest BCUT2D eigenvalue weighted by Crippen LogP contribution is -2.05. The molecule has 5 nitrogen and oxygen atoms in total. The van der Waals surface area contributed by atoms with E-state index in [0.717, 1.165) is 0 Å². The smallest absolute Gasteiger partial charge is 0.261 e. The highest BCUT2D eigenvalue weighted by molar-refractivity contribution is 8.13. The predicted molar refractivity (Wildman–Crippen MR) is 82.7 cm³/mol. The van der Waals surface area contributed by atoms with Gasteiger partial charge in [0.25, 0.3) is 9.05 Å². The van der Waals surface area contributed by atoms with Gasteiger partial charge in [0.15, 0.2) is 0 Å². The summed E-state index contributed by atoms with van der Waals surface area (Å²) in [6.45, 7) is 5.62. The van der Waals surface area contributed by atoms with Crippen LogP contribution < -0.4 is 5.32 Å². The summed E-state index contributed by atoms with van der Waals surface area (Å²) in [5.41, 5.74) is 0.529. The Morgan fingerprint density at radius 3 is 1.80 bits per heavy atom. The molecule has 0 heterocycles. The average molecular weight is 324 g/mol. The summed E-state index contributed by atoms with van der Waals surface area (Å²) < 4.78 is 25.9. The molecule has 0 saturated carbocycles. The van der Waals surface area contributed by atoms with E-state index in [4.69, 9.17) is 10.7 Å². The van der Waals surface area contributed by atoms with Gasteiger partial charge in [-0.15, -0.1) is 0 Å². The lowest BCUT2D eigenvalue weighted by Gasteiger charge is -2.01. The second-order valence-electron chi connectivity index (χ2n) is 3.76. The number of carbonyl (C=O) groups excluding carboxylic acids is 1. The third-order valence-corrected chi connectivity index (χ3v) is 2.83. The molecule has 0 atom stereocenters. The van der Waals surface area contributed by atoms with Crippen LogP contribution in [0.5, 0.6) is 0 Å². The molecule has 1 amide bonds. The molecule has 0 aliphatic rings. The van der Waals surface area contributed by atoms with Crippen molar-refractivity contribution in [2.24, 2.45) is 0 Å². The van der Waals surface area contributed by atoms with Crippen molar-refractivity contribution >= 4 is 31.3 Å². The Kier molecular flexibility index (Phi) is 12.4. The lowest BCUT2D eigenvalue weighted by atomic mass is 10.3. The van der Waals surface area contributed by atoms with Crippen LogP contribution in [0, 0.1) is 0 Å². The molecule has 0 aliphatic heterocycles. The standard InChI is InChI=1S/C8H8ClNO3S.C3H8.C2H6O/c1-6(11)10-7-2-4-8(5-3-7)14(9,12)13;2*1-3-2/h2-5H,1H3,(H,10,11);3H2,1-2H3;1-2H3. The Hall–Kier alpha value is -1.11. The van der Waals surface area contributed by atoms with Crippen molar-refractivity contribution in [1.82, 2.24) is 0 Å². The molecule has 116 valence electrons. The Morgan fingerprint density at radius 2 is 1.55 bits per heavy atom. The largest absolute Gasteiger partial charge is 0.388 e. The maximum atomic E-state index is 10.8. The quantitative estimate of drug-likeness (QED) is 0.848. The molecule has 0 aliphatic carbocycles. The number of rotatable bonds is 2. The number of benzene rings is 1. The van der Waals surface area contributed by atoms with E-state index in [0.29, 0.717) is 5.69 Å². The van der Waals surface area contributed by atoms with Crippen LogP contribution in [0.25, 0.3) is 0 Å². The van der Waals surface area contributed by atoms with Crippen molar-refractivity contribution in [3.8, 4) is 0 Å². The molecule has 1 rings (SSSR count). The van der Waals surface area contributed by atoms with E-state index < -0.39 is 9.05 Å². The van der Waals surface area contributed by atoms with Gasteiger partial charge in [-0.2, -0.15) is 0 Å². The lowest BCUT2D eigenvalue weighted by molar-refractivity contribution is -0.114. The van der Waals surface area contributed by atoms with Gasteiger partial charge in [0, 0.05) is 37.5 Å². The molecule has 0 spiro atoms. The van der Waals surface area contributed by atoms with E-state index >= 15 is 0 Å². The summed E-state index contributed by atoms with van der Waals surface area (Å²) in [6.07, 6.45) is 1.25. The fourth-order valence-corrected chi connectivity index (χ4v) is 1.67. The Bertz CT molecular complexity index is 470. The molecule has 1 N–H and O–H groups in total. The number of hydrogen-bond donors (Lipinski definition) is 1. The zero-order chi connectivity index (χ0) is 16.2. The maximum absolute atomic E-state index is 10.8. The van der Waals surface area contributed by atoms with Crippen molar-refractivity contribution in [3.63, 3.8) is 0 Å². The number of carbonyl (C=O) groups is 1. The average Bonchev–Trinajstić information content (AvgIpc) is 2.29. The van der Waals surface area contributed by atoms with Crippen LogP contribution in [0.3, 0.4) is 0 Å². The Morgan fingerprint density at radius 1 is 1.20 bits per heavy atom. The van der Waals surface area contributed by atoms with Crippen LogP contribution in [0.1, 0.15) is 27.2 Å². The van der Waals surface area contributed by atoms with Crippen molar-refractivity contribution in [2.75, 3.05) is 19.5 Å². The number of methoxy groups -OCH3 is 1. The summed E-state index contributed by atoms with van der Waals surface area (Å²) in [5.74, 6) is -0.216. The zero-order valence-electron chi connectivity index (χ0n) is 12.4. The number of amides is 1. The van der Waals surface area contributed by atoms with Crippen molar-refractivity contribution in [3.05, 3.63) is 24.3 Å². The van der Waals surface area contributed by atoms with E-state index in [-0.39, 0.29) is 10.8 Å². The summed E-state index contributed by atoms with van der Waals surface area (Å²) in [6, 6.07) is 5.59. The van der Waals surface area contributed by atoms with Gasteiger partial charge in [0.05, 0.1) is 4.90 Å². The molecule has 0 unspecified atom stereocenters. The normalized spacial score (nSPS) is 9.50. The van der Waals surface area contributed by atoms with E-state index in [9.17, 15) is 13.2 Å². The first-order valence-corrected chi connectivity index (χ1v) is 8.26. The molecule has 1 aromatic carbocycles. The molecule has 1 aromatic rings. The maximum Gasteiger partial charge on any atom is 0.261 e. The molecule has 20 heavy (non-hydrogen) atoms. The second kappa shape index (κ2) is 11.7.